The van der Waals surface area contributed by atoms with E-state index in [1.807, 2.05) is 23.2 Å². The Labute approximate surface area is 205 Å². The number of hydrogen-bond acceptors (Lipinski definition) is 7. The number of hydrogen-bond donors (Lipinski definition) is 2. The number of carboxylic acids is 2. The number of nitrogens with zero attached hydrogens (tertiary/aromatic N) is 5. The summed E-state index contributed by atoms with van der Waals surface area (Å²) in [5.74, 6) is -4.40. The van der Waals surface area contributed by atoms with Crippen molar-refractivity contribution in [1.82, 2.24) is 24.8 Å². The minimum Gasteiger partial charge on any atom is -0.475 e. The van der Waals surface area contributed by atoms with Gasteiger partial charge in [-0.25, -0.2) is 14.6 Å². The molecule has 2 aliphatic heterocycles. The van der Waals surface area contributed by atoms with Gasteiger partial charge in [-0.3, -0.25) is 19.7 Å². The van der Waals surface area contributed by atoms with Crippen LogP contribution in [0.15, 0.2) is 43.0 Å². The third-order valence-corrected chi connectivity index (χ3v) is 5.23. The van der Waals surface area contributed by atoms with E-state index in [0.717, 1.165) is 38.4 Å². The number of carboxylic acid groups (broad SMARTS) is 2. The van der Waals surface area contributed by atoms with E-state index >= 15 is 0 Å². The number of pyridine rings is 1. The smallest absolute Gasteiger partial charge is 0.475 e. The monoisotopic (exact) mass is 537 g/mol. The summed E-state index contributed by atoms with van der Waals surface area (Å²) in [7, 11) is 0. The SMILES string of the molecule is O=C(O)C(F)(F)F.O=C(O)C(F)(F)F.O=C(c1cnccn1)N1C[C@H]2CN(Cc3ccccn3)C[C@H]2C1. The molecule has 16 heteroatoms. The maximum atomic E-state index is 12.5. The first-order valence-corrected chi connectivity index (χ1v) is 10.5. The van der Waals surface area contributed by atoms with Crippen LogP contribution in [0, 0.1) is 11.8 Å². The van der Waals surface area contributed by atoms with Gasteiger partial charge in [-0.1, -0.05) is 6.07 Å². The molecule has 0 radical (unpaired) electrons. The first-order chi connectivity index (χ1) is 17.2. The van der Waals surface area contributed by atoms with E-state index in [-0.39, 0.29) is 5.91 Å². The minimum atomic E-state index is -5.08. The molecule has 2 saturated heterocycles. The maximum absolute atomic E-state index is 12.5. The summed E-state index contributed by atoms with van der Waals surface area (Å²) >= 11 is 0. The highest BCUT2D eigenvalue weighted by molar-refractivity contribution is 5.92. The first-order valence-electron chi connectivity index (χ1n) is 10.5. The lowest BCUT2D eigenvalue weighted by Crippen LogP contribution is -2.33. The zero-order valence-electron chi connectivity index (χ0n) is 18.9. The summed E-state index contributed by atoms with van der Waals surface area (Å²) in [5, 5.41) is 14.2. The standard InChI is InChI=1S/C17H19N5O.2C2HF3O2/c23-17(16-7-18-5-6-20-16)22-10-13-8-21(9-14(13)11-22)12-15-3-1-2-4-19-15;2*3-2(4,5)1(6)7/h1-7,13-14H,8-12H2;2*(H,6,7)/t13-,14+;;. The van der Waals surface area contributed by atoms with Crippen LogP contribution in [-0.4, -0.2) is 91.3 Å². The summed E-state index contributed by atoms with van der Waals surface area (Å²) in [6.07, 6.45) is -3.62. The van der Waals surface area contributed by atoms with Gasteiger partial charge in [0, 0.05) is 51.3 Å². The average molecular weight is 537 g/mol. The van der Waals surface area contributed by atoms with Crippen molar-refractivity contribution in [1.29, 1.82) is 0 Å². The molecule has 0 aliphatic carbocycles. The van der Waals surface area contributed by atoms with Crippen molar-refractivity contribution >= 4 is 17.8 Å². The van der Waals surface area contributed by atoms with E-state index in [2.05, 4.69) is 25.9 Å². The Balaban J connectivity index is 0.000000286. The summed E-state index contributed by atoms with van der Waals surface area (Å²) in [5.41, 5.74) is 1.55. The fraction of sp³-hybridized carbons (Fsp3) is 0.429. The number of likely N-dealkylation sites (tertiary alicyclic amines) is 2. The van der Waals surface area contributed by atoms with Crippen LogP contribution in [0.2, 0.25) is 0 Å². The van der Waals surface area contributed by atoms with E-state index in [1.54, 1.807) is 18.6 Å². The molecule has 0 saturated carbocycles. The van der Waals surface area contributed by atoms with Gasteiger partial charge >= 0.3 is 24.3 Å². The van der Waals surface area contributed by atoms with Crippen molar-refractivity contribution in [3.63, 3.8) is 0 Å². The van der Waals surface area contributed by atoms with Gasteiger partial charge in [-0.15, -0.1) is 0 Å². The van der Waals surface area contributed by atoms with Crippen LogP contribution in [0.25, 0.3) is 0 Å². The number of fused-ring (bicyclic) bond motifs is 1. The number of halogens is 6. The maximum Gasteiger partial charge on any atom is 0.490 e. The van der Waals surface area contributed by atoms with Crippen LogP contribution in [-0.2, 0) is 16.1 Å². The Kier molecular flexibility index (Phi) is 9.88. The molecule has 2 atom stereocenters. The van der Waals surface area contributed by atoms with E-state index in [4.69, 9.17) is 19.8 Å². The van der Waals surface area contributed by atoms with Gasteiger partial charge in [0.2, 0.25) is 0 Å². The molecule has 202 valence electrons. The summed E-state index contributed by atoms with van der Waals surface area (Å²) in [6.45, 7) is 4.60. The summed E-state index contributed by atoms with van der Waals surface area (Å²) in [4.78, 5) is 47.1. The van der Waals surface area contributed by atoms with E-state index < -0.39 is 24.3 Å². The Morgan fingerprint density at radius 2 is 1.38 bits per heavy atom. The van der Waals surface area contributed by atoms with Gasteiger partial charge in [-0.05, 0) is 24.0 Å². The fourth-order valence-electron chi connectivity index (χ4n) is 3.68. The van der Waals surface area contributed by atoms with E-state index in [0.29, 0.717) is 17.5 Å². The van der Waals surface area contributed by atoms with Gasteiger partial charge in [-0.2, -0.15) is 26.3 Å². The predicted octanol–water partition coefficient (Wildman–Crippen LogP) is 2.34. The van der Waals surface area contributed by atoms with Gasteiger partial charge in [0.05, 0.1) is 11.9 Å². The molecule has 2 aromatic rings. The van der Waals surface area contributed by atoms with Crippen molar-refractivity contribution in [2.24, 2.45) is 11.8 Å². The number of alkyl halides is 6. The fourth-order valence-corrected chi connectivity index (χ4v) is 3.68. The lowest BCUT2D eigenvalue weighted by molar-refractivity contribution is -0.193. The zero-order valence-corrected chi connectivity index (χ0v) is 18.9. The molecule has 0 bridgehead atoms. The van der Waals surface area contributed by atoms with Crippen molar-refractivity contribution in [2.75, 3.05) is 26.2 Å². The Bertz CT molecular complexity index is 1020. The molecule has 0 unspecified atom stereocenters. The predicted molar refractivity (Wildman–Crippen MR) is 112 cm³/mol. The molecular formula is C21H21F6N5O5. The lowest BCUT2D eigenvalue weighted by Gasteiger charge is -2.21. The molecule has 0 aromatic carbocycles. The van der Waals surface area contributed by atoms with Crippen LogP contribution in [0.4, 0.5) is 26.3 Å². The van der Waals surface area contributed by atoms with Crippen molar-refractivity contribution in [3.05, 3.63) is 54.4 Å². The second kappa shape index (κ2) is 12.4. The van der Waals surface area contributed by atoms with Gasteiger partial charge in [0.15, 0.2) is 0 Å². The molecule has 2 aliphatic rings. The molecule has 2 N–H and O–H groups in total. The molecule has 2 fully saturated rings. The van der Waals surface area contributed by atoms with Crippen molar-refractivity contribution in [2.45, 2.75) is 18.9 Å². The second-order valence-corrected chi connectivity index (χ2v) is 7.94. The van der Waals surface area contributed by atoms with Crippen molar-refractivity contribution < 1.29 is 50.9 Å². The Hall–Kier alpha value is -3.82. The van der Waals surface area contributed by atoms with Crippen LogP contribution < -0.4 is 0 Å². The van der Waals surface area contributed by atoms with Crippen LogP contribution in [0.1, 0.15) is 16.2 Å². The number of carbonyl (C=O) groups is 3. The van der Waals surface area contributed by atoms with Crippen molar-refractivity contribution in [3.8, 4) is 0 Å². The normalized spacial score (nSPS) is 19.1. The minimum absolute atomic E-state index is 0.00350. The molecular weight excluding hydrogens is 516 g/mol. The number of amides is 1. The second-order valence-electron chi connectivity index (χ2n) is 7.94. The van der Waals surface area contributed by atoms with Gasteiger partial charge < -0.3 is 15.1 Å². The highest BCUT2D eigenvalue weighted by atomic mass is 19.4. The largest absolute Gasteiger partial charge is 0.490 e. The highest BCUT2D eigenvalue weighted by Gasteiger charge is 2.42. The average Bonchev–Trinajstić information content (AvgIpc) is 3.38. The number of rotatable bonds is 3. The third-order valence-electron chi connectivity index (χ3n) is 5.23. The first kappa shape index (κ1) is 29.4. The van der Waals surface area contributed by atoms with E-state index in [1.165, 1.54) is 0 Å². The highest BCUT2D eigenvalue weighted by Crippen LogP contribution is 2.32. The molecule has 1 amide bonds. The van der Waals surface area contributed by atoms with Crippen LogP contribution in [0.5, 0.6) is 0 Å². The van der Waals surface area contributed by atoms with E-state index in [9.17, 15) is 31.1 Å². The molecule has 10 nitrogen and oxygen atoms in total. The Morgan fingerprint density at radius 3 is 1.78 bits per heavy atom. The van der Waals surface area contributed by atoms with Crippen LogP contribution in [0.3, 0.4) is 0 Å². The number of carbonyl (C=O) groups excluding carboxylic acids is 1. The lowest BCUT2D eigenvalue weighted by atomic mass is 10.0. The molecule has 0 spiro atoms. The number of aromatic nitrogens is 3. The third kappa shape index (κ3) is 9.29. The quantitative estimate of drug-likeness (QED) is 0.566. The van der Waals surface area contributed by atoms with Gasteiger partial charge in [0.25, 0.3) is 5.91 Å². The zero-order chi connectivity index (χ0) is 27.8. The summed E-state index contributed by atoms with van der Waals surface area (Å²) < 4.78 is 63.5. The van der Waals surface area contributed by atoms with Crippen LogP contribution >= 0.6 is 0 Å². The molecule has 4 heterocycles. The molecule has 37 heavy (non-hydrogen) atoms. The molecule has 4 rings (SSSR count). The topological polar surface area (TPSA) is 137 Å². The Morgan fingerprint density at radius 1 is 0.838 bits per heavy atom. The summed E-state index contributed by atoms with van der Waals surface area (Å²) in [6, 6.07) is 6.04. The number of aliphatic carboxylic acids is 2. The van der Waals surface area contributed by atoms with Gasteiger partial charge in [0.1, 0.15) is 5.69 Å². The molecule has 2 aromatic heterocycles.